The average molecular weight is 156 g/mol. The van der Waals surface area contributed by atoms with Gasteiger partial charge in [-0.15, -0.1) is 0 Å². The molecular weight excluding hydrogens is 140 g/mol. The van der Waals surface area contributed by atoms with E-state index in [0.29, 0.717) is 11.6 Å². The van der Waals surface area contributed by atoms with Crippen LogP contribution in [0, 0.1) is 0 Å². The van der Waals surface area contributed by atoms with Gasteiger partial charge in [-0.05, 0) is 0 Å². The number of hydrogen-bond donors (Lipinski definition) is 1. The molecule has 2 N–H and O–H groups in total. The average Bonchev–Trinajstić information content (AvgIpc) is 2.39. The molecule has 64 valence electrons. The van der Waals surface area contributed by atoms with Crippen molar-refractivity contribution in [3.05, 3.63) is 12.0 Å². The lowest BCUT2D eigenvalue weighted by molar-refractivity contribution is 0.408. The maximum atomic E-state index is 5.49. The van der Waals surface area contributed by atoms with E-state index in [-0.39, 0.29) is 0 Å². The Bertz CT molecular complexity index is 194. The summed E-state index contributed by atoms with van der Waals surface area (Å²) in [6, 6.07) is 0. The van der Waals surface area contributed by atoms with Crippen LogP contribution in [0.1, 0.15) is 39.3 Å². The van der Waals surface area contributed by atoms with Crippen molar-refractivity contribution in [2.45, 2.75) is 33.6 Å². The molecule has 0 amide bonds. The monoisotopic (exact) mass is 156 g/mol. The molecule has 1 rings (SSSR count). The molecule has 0 aliphatic heterocycles. The molecule has 0 saturated heterocycles. The molecule has 0 bridgehead atoms. The van der Waals surface area contributed by atoms with E-state index < -0.39 is 0 Å². The van der Waals surface area contributed by atoms with Gasteiger partial charge >= 0.3 is 0 Å². The van der Waals surface area contributed by atoms with Crippen molar-refractivity contribution in [1.29, 1.82) is 0 Å². The number of nitrogen functional groups attached to an aromatic ring is 1. The molecular formula is C8H16N2O. The van der Waals surface area contributed by atoms with Gasteiger partial charge in [0.05, 0.1) is 5.69 Å². The first-order chi connectivity index (χ1) is 5.22. The van der Waals surface area contributed by atoms with Gasteiger partial charge in [0, 0.05) is 5.92 Å². The molecule has 1 aromatic rings. The zero-order valence-corrected chi connectivity index (χ0v) is 7.59. The highest BCUT2D eigenvalue weighted by atomic mass is 16.5. The highest BCUT2D eigenvalue weighted by Crippen LogP contribution is 2.18. The minimum atomic E-state index is 0.351. The first-order valence-corrected chi connectivity index (χ1v) is 3.91. The first kappa shape index (κ1) is 10.0. The van der Waals surface area contributed by atoms with E-state index in [9.17, 15) is 0 Å². The molecule has 1 heterocycles. The molecule has 0 unspecified atom stereocenters. The molecule has 11 heavy (non-hydrogen) atoms. The Labute approximate surface area is 67.6 Å². The van der Waals surface area contributed by atoms with Crippen molar-refractivity contribution in [1.82, 2.24) is 5.16 Å². The standard InChI is InChI=1S/C6H10N2O.C2H6/c1-4(2)6-5(7)3-9-8-6;1-2/h3-4H,7H2,1-2H3;1-2H3. The van der Waals surface area contributed by atoms with Gasteiger partial charge in [-0.1, -0.05) is 32.9 Å². The van der Waals surface area contributed by atoms with Crippen molar-refractivity contribution in [2.75, 3.05) is 5.73 Å². The fourth-order valence-corrected chi connectivity index (χ4v) is 0.692. The second-order valence-corrected chi connectivity index (χ2v) is 2.31. The Morgan fingerprint density at radius 1 is 1.45 bits per heavy atom. The van der Waals surface area contributed by atoms with Gasteiger partial charge in [0.1, 0.15) is 12.0 Å². The zero-order chi connectivity index (χ0) is 8.85. The molecule has 0 spiro atoms. The Kier molecular flexibility index (Phi) is 4.34. The third-order valence-electron chi connectivity index (χ3n) is 1.17. The lowest BCUT2D eigenvalue weighted by atomic mass is 10.1. The van der Waals surface area contributed by atoms with E-state index in [0.717, 1.165) is 5.69 Å². The predicted octanol–water partition coefficient (Wildman–Crippen LogP) is 2.41. The van der Waals surface area contributed by atoms with Crippen LogP contribution in [-0.2, 0) is 0 Å². The molecule has 3 heteroatoms. The van der Waals surface area contributed by atoms with Crippen molar-refractivity contribution in [3.63, 3.8) is 0 Å². The molecule has 0 aliphatic rings. The molecule has 0 aromatic carbocycles. The van der Waals surface area contributed by atoms with Crippen LogP contribution in [0.4, 0.5) is 5.69 Å². The summed E-state index contributed by atoms with van der Waals surface area (Å²) in [6.07, 6.45) is 1.45. The summed E-state index contributed by atoms with van der Waals surface area (Å²) in [5.74, 6) is 0.351. The number of nitrogens with zero attached hydrogens (tertiary/aromatic N) is 1. The van der Waals surface area contributed by atoms with Crippen molar-refractivity contribution in [2.24, 2.45) is 0 Å². The minimum absolute atomic E-state index is 0.351. The molecule has 0 aliphatic carbocycles. The second kappa shape index (κ2) is 4.77. The summed E-state index contributed by atoms with van der Waals surface area (Å²) < 4.78 is 4.63. The van der Waals surface area contributed by atoms with E-state index >= 15 is 0 Å². The lowest BCUT2D eigenvalue weighted by Crippen LogP contribution is -1.92. The molecule has 0 saturated carbocycles. The van der Waals surface area contributed by atoms with Gasteiger partial charge in [-0.3, -0.25) is 0 Å². The normalized spacial score (nSPS) is 9.18. The van der Waals surface area contributed by atoms with Crippen LogP contribution in [0.3, 0.4) is 0 Å². The molecule has 3 nitrogen and oxygen atoms in total. The maximum absolute atomic E-state index is 5.49. The van der Waals surface area contributed by atoms with Gasteiger partial charge in [-0.2, -0.15) is 0 Å². The van der Waals surface area contributed by atoms with E-state index in [1.807, 2.05) is 27.7 Å². The van der Waals surface area contributed by atoms with Gasteiger partial charge in [0.15, 0.2) is 0 Å². The summed E-state index contributed by atoms with van der Waals surface area (Å²) in [6.45, 7) is 8.04. The third kappa shape index (κ3) is 2.62. The number of hydrogen-bond acceptors (Lipinski definition) is 3. The fraction of sp³-hybridized carbons (Fsp3) is 0.625. The van der Waals surface area contributed by atoms with Crippen molar-refractivity contribution < 1.29 is 4.52 Å². The summed E-state index contributed by atoms with van der Waals surface area (Å²) in [5, 5.41) is 3.72. The third-order valence-corrected chi connectivity index (χ3v) is 1.17. The number of anilines is 1. The highest BCUT2D eigenvalue weighted by Gasteiger charge is 2.06. The number of nitrogens with two attached hydrogens (primary N) is 1. The number of aromatic nitrogens is 1. The van der Waals surface area contributed by atoms with Crippen LogP contribution < -0.4 is 5.73 Å². The lowest BCUT2D eigenvalue weighted by Gasteiger charge is -1.96. The summed E-state index contributed by atoms with van der Waals surface area (Å²) in [7, 11) is 0. The van der Waals surface area contributed by atoms with E-state index in [1.54, 1.807) is 0 Å². The molecule has 0 fully saturated rings. The minimum Gasteiger partial charge on any atom is -0.395 e. The molecule has 1 aromatic heterocycles. The van der Waals surface area contributed by atoms with Crippen LogP contribution in [0.15, 0.2) is 10.8 Å². The maximum Gasteiger partial charge on any atom is 0.147 e. The smallest absolute Gasteiger partial charge is 0.147 e. The SMILES string of the molecule is CC.CC(C)c1nocc1N. The van der Waals surface area contributed by atoms with Crippen LogP contribution in [0.2, 0.25) is 0 Å². The zero-order valence-electron chi connectivity index (χ0n) is 7.59. The Morgan fingerprint density at radius 3 is 2.18 bits per heavy atom. The van der Waals surface area contributed by atoms with Crippen LogP contribution in [0.25, 0.3) is 0 Å². The van der Waals surface area contributed by atoms with Gasteiger partial charge in [0.25, 0.3) is 0 Å². The summed E-state index contributed by atoms with van der Waals surface area (Å²) in [5.41, 5.74) is 6.97. The first-order valence-electron chi connectivity index (χ1n) is 3.91. The van der Waals surface area contributed by atoms with Crippen LogP contribution in [-0.4, -0.2) is 5.16 Å². The van der Waals surface area contributed by atoms with Crippen molar-refractivity contribution in [3.8, 4) is 0 Å². The molecule has 0 atom stereocenters. The van der Waals surface area contributed by atoms with Crippen LogP contribution in [0.5, 0.6) is 0 Å². The van der Waals surface area contributed by atoms with E-state index in [1.165, 1.54) is 6.26 Å². The van der Waals surface area contributed by atoms with Crippen molar-refractivity contribution >= 4 is 5.69 Å². The van der Waals surface area contributed by atoms with Gasteiger partial charge < -0.3 is 10.3 Å². The van der Waals surface area contributed by atoms with E-state index in [4.69, 9.17) is 5.73 Å². The summed E-state index contributed by atoms with van der Waals surface area (Å²) >= 11 is 0. The van der Waals surface area contributed by atoms with Gasteiger partial charge in [-0.25, -0.2) is 0 Å². The molecule has 0 radical (unpaired) electrons. The van der Waals surface area contributed by atoms with Gasteiger partial charge in [0.2, 0.25) is 0 Å². The summed E-state index contributed by atoms with van der Waals surface area (Å²) in [4.78, 5) is 0. The Hall–Kier alpha value is -0.990. The highest BCUT2D eigenvalue weighted by molar-refractivity contribution is 5.40. The second-order valence-electron chi connectivity index (χ2n) is 2.31. The topological polar surface area (TPSA) is 52.0 Å². The number of rotatable bonds is 1. The predicted molar refractivity (Wildman–Crippen MR) is 46.4 cm³/mol. The van der Waals surface area contributed by atoms with Crippen LogP contribution >= 0.6 is 0 Å². The largest absolute Gasteiger partial charge is 0.395 e. The van der Waals surface area contributed by atoms with E-state index in [2.05, 4.69) is 9.68 Å². The quantitative estimate of drug-likeness (QED) is 0.679. The Balaban J connectivity index is 0.000000461. The fourth-order valence-electron chi connectivity index (χ4n) is 0.692. The Morgan fingerprint density at radius 2 is 2.00 bits per heavy atom.